The number of nitrogens with zero attached hydrogens (tertiary/aromatic N) is 1. The molecule has 1 N–H and O–H groups in total. The Morgan fingerprint density at radius 2 is 1.54 bits per heavy atom. The van der Waals surface area contributed by atoms with Gasteiger partial charge >= 0.3 is 0 Å². The van der Waals surface area contributed by atoms with Gasteiger partial charge in [-0.2, -0.15) is 0 Å². The summed E-state index contributed by atoms with van der Waals surface area (Å²) >= 11 is 0. The third kappa shape index (κ3) is 4.29. The molecule has 0 radical (unpaired) electrons. The molecular formula is C19H26FNO2Si. The van der Waals surface area contributed by atoms with E-state index in [-0.39, 0.29) is 10.9 Å². The predicted octanol–water partition coefficient (Wildman–Crippen LogP) is 5.02. The molecule has 2 unspecified atom stereocenters. The number of pyridine rings is 1. The van der Waals surface area contributed by atoms with Crippen LogP contribution in [0.2, 0.25) is 18.1 Å². The van der Waals surface area contributed by atoms with Crippen LogP contribution in [0.15, 0.2) is 48.8 Å². The fraction of sp³-hybridized carbons (Fsp3) is 0.421. The van der Waals surface area contributed by atoms with E-state index in [0.717, 1.165) is 5.56 Å². The van der Waals surface area contributed by atoms with Crippen molar-refractivity contribution in [3.63, 3.8) is 0 Å². The molecule has 0 saturated carbocycles. The van der Waals surface area contributed by atoms with Gasteiger partial charge in [0.15, 0.2) is 8.32 Å². The second kappa shape index (κ2) is 7.13. The number of rotatable bonds is 5. The number of aromatic nitrogens is 1. The zero-order valence-corrected chi connectivity index (χ0v) is 16.0. The first-order chi connectivity index (χ1) is 11.1. The van der Waals surface area contributed by atoms with Crippen LogP contribution >= 0.6 is 0 Å². The molecule has 0 aliphatic heterocycles. The molecular weight excluding hydrogens is 321 g/mol. The Bertz CT molecular complexity index is 653. The van der Waals surface area contributed by atoms with Crippen molar-refractivity contribution in [3.05, 3.63) is 65.7 Å². The van der Waals surface area contributed by atoms with Crippen molar-refractivity contribution in [1.29, 1.82) is 0 Å². The number of hydrogen-bond acceptors (Lipinski definition) is 3. The Hall–Kier alpha value is -1.56. The van der Waals surface area contributed by atoms with Crippen molar-refractivity contribution < 1.29 is 13.9 Å². The molecule has 2 aromatic rings. The van der Waals surface area contributed by atoms with Gasteiger partial charge in [0.25, 0.3) is 0 Å². The number of benzene rings is 1. The Kier molecular flexibility index (Phi) is 5.58. The van der Waals surface area contributed by atoms with Gasteiger partial charge in [-0.05, 0) is 53.5 Å². The standard InChI is InChI=1S/C19H26FNO2Si/c1-19(2,3)24(4,5)23-18(15-10-12-21-13-11-15)17(22)14-6-8-16(20)9-7-14/h6-13,17-18,22H,1-5H3. The Labute approximate surface area is 144 Å². The van der Waals surface area contributed by atoms with Gasteiger partial charge in [0.2, 0.25) is 0 Å². The highest BCUT2D eigenvalue weighted by molar-refractivity contribution is 6.74. The molecule has 0 amide bonds. The molecule has 0 bridgehead atoms. The maximum Gasteiger partial charge on any atom is 0.193 e. The van der Waals surface area contributed by atoms with E-state index in [1.54, 1.807) is 24.5 Å². The lowest BCUT2D eigenvalue weighted by molar-refractivity contribution is 0.0252. The highest BCUT2D eigenvalue weighted by Crippen LogP contribution is 2.43. The minimum absolute atomic E-state index is 0.0147. The molecule has 0 saturated heterocycles. The van der Waals surface area contributed by atoms with Crippen molar-refractivity contribution in [1.82, 2.24) is 4.98 Å². The normalized spacial score (nSPS) is 15.1. The summed E-state index contributed by atoms with van der Waals surface area (Å²) in [6.07, 6.45) is 1.99. The molecule has 24 heavy (non-hydrogen) atoms. The smallest absolute Gasteiger partial charge is 0.193 e. The fourth-order valence-electron chi connectivity index (χ4n) is 2.20. The van der Waals surface area contributed by atoms with Gasteiger partial charge in [-0.25, -0.2) is 4.39 Å². The summed E-state index contributed by atoms with van der Waals surface area (Å²) in [6.45, 7) is 10.8. The molecule has 1 aromatic heterocycles. The second-order valence-corrected chi connectivity index (χ2v) is 12.3. The van der Waals surface area contributed by atoms with Crippen LogP contribution in [-0.2, 0) is 4.43 Å². The quantitative estimate of drug-likeness (QED) is 0.773. The van der Waals surface area contributed by atoms with E-state index in [1.165, 1.54) is 12.1 Å². The SMILES string of the molecule is CC(C)(C)[Si](C)(C)OC(c1ccncc1)C(O)c1ccc(F)cc1. The highest BCUT2D eigenvalue weighted by atomic mass is 28.4. The summed E-state index contributed by atoms with van der Waals surface area (Å²) in [5, 5.41) is 10.9. The topological polar surface area (TPSA) is 42.4 Å². The molecule has 5 heteroatoms. The van der Waals surface area contributed by atoms with Crippen molar-refractivity contribution in [2.75, 3.05) is 0 Å². The summed E-state index contributed by atoms with van der Waals surface area (Å²) in [5.41, 5.74) is 1.50. The average molecular weight is 348 g/mol. The van der Waals surface area contributed by atoms with Crippen LogP contribution in [0.25, 0.3) is 0 Å². The first kappa shape index (κ1) is 18.8. The summed E-state index contributed by atoms with van der Waals surface area (Å²) in [6, 6.07) is 9.62. The maximum absolute atomic E-state index is 13.2. The molecule has 0 aliphatic carbocycles. The van der Waals surface area contributed by atoms with E-state index < -0.39 is 20.5 Å². The summed E-state index contributed by atoms with van der Waals surface area (Å²) < 4.78 is 19.7. The second-order valence-electron chi connectivity index (χ2n) is 7.58. The minimum atomic E-state index is -2.11. The van der Waals surface area contributed by atoms with Gasteiger partial charge in [0.05, 0.1) is 0 Å². The Morgan fingerprint density at radius 1 is 1.00 bits per heavy atom. The van der Waals surface area contributed by atoms with E-state index in [4.69, 9.17) is 4.43 Å². The molecule has 3 nitrogen and oxygen atoms in total. The van der Waals surface area contributed by atoms with E-state index >= 15 is 0 Å². The average Bonchev–Trinajstić information content (AvgIpc) is 2.52. The van der Waals surface area contributed by atoms with Gasteiger partial charge in [-0.3, -0.25) is 4.98 Å². The molecule has 0 aliphatic rings. The van der Waals surface area contributed by atoms with Crippen molar-refractivity contribution in [2.45, 2.75) is 51.1 Å². The van der Waals surface area contributed by atoms with Crippen molar-refractivity contribution in [3.8, 4) is 0 Å². The third-order valence-electron chi connectivity index (χ3n) is 4.76. The highest BCUT2D eigenvalue weighted by Gasteiger charge is 2.41. The van der Waals surface area contributed by atoms with Crippen LogP contribution in [-0.4, -0.2) is 18.4 Å². The molecule has 0 fully saturated rings. The van der Waals surface area contributed by atoms with Gasteiger partial charge < -0.3 is 9.53 Å². The molecule has 1 heterocycles. The molecule has 1 aromatic carbocycles. The van der Waals surface area contributed by atoms with Crippen LogP contribution in [0, 0.1) is 5.82 Å². The molecule has 0 spiro atoms. The van der Waals surface area contributed by atoms with Crippen LogP contribution in [0.3, 0.4) is 0 Å². The summed E-state index contributed by atoms with van der Waals surface area (Å²) in [5.74, 6) is -0.322. The number of hydrogen-bond donors (Lipinski definition) is 1. The molecule has 2 rings (SSSR count). The molecule has 130 valence electrons. The predicted molar refractivity (Wildman–Crippen MR) is 96.6 cm³/mol. The summed E-state index contributed by atoms with van der Waals surface area (Å²) in [7, 11) is -2.11. The van der Waals surface area contributed by atoms with Crippen LogP contribution in [0.5, 0.6) is 0 Å². The minimum Gasteiger partial charge on any atom is -0.407 e. The van der Waals surface area contributed by atoms with Crippen molar-refractivity contribution in [2.24, 2.45) is 0 Å². The first-order valence-electron chi connectivity index (χ1n) is 8.13. The van der Waals surface area contributed by atoms with E-state index in [0.29, 0.717) is 5.56 Å². The van der Waals surface area contributed by atoms with E-state index in [2.05, 4.69) is 38.8 Å². The van der Waals surface area contributed by atoms with Crippen molar-refractivity contribution >= 4 is 8.32 Å². The Balaban J connectivity index is 2.38. The van der Waals surface area contributed by atoms with Crippen LogP contribution in [0.1, 0.15) is 44.1 Å². The molecule has 2 atom stereocenters. The lowest BCUT2D eigenvalue weighted by Crippen LogP contribution is -2.42. The fourth-order valence-corrected chi connectivity index (χ4v) is 3.45. The monoisotopic (exact) mass is 347 g/mol. The van der Waals surface area contributed by atoms with Gasteiger partial charge in [-0.15, -0.1) is 0 Å². The summed E-state index contributed by atoms with van der Waals surface area (Å²) in [4.78, 5) is 4.04. The zero-order valence-electron chi connectivity index (χ0n) is 15.0. The van der Waals surface area contributed by atoms with E-state index in [1.807, 2.05) is 12.1 Å². The van der Waals surface area contributed by atoms with Crippen LogP contribution < -0.4 is 0 Å². The lowest BCUT2D eigenvalue weighted by Gasteiger charge is -2.40. The number of halogens is 1. The van der Waals surface area contributed by atoms with E-state index in [9.17, 15) is 9.50 Å². The largest absolute Gasteiger partial charge is 0.407 e. The number of aliphatic hydroxyl groups is 1. The van der Waals surface area contributed by atoms with Crippen LogP contribution in [0.4, 0.5) is 4.39 Å². The Morgan fingerprint density at radius 3 is 2.04 bits per heavy atom. The third-order valence-corrected chi connectivity index (χ3v) is 9.22. The zero-order chi connectivity index (χ0) is 18.0. The lowest BCUT2D eigenvalue weighted by atomic mass is 9.99. The first-order valence-corrected chi connectivity index (χ1v) is 11.0. The maximum atomic E-state index is 13.2. The van der Waals surface area contributed by atoms with Gasteiger partial charge in [0.1, 0.15) is 18.0 Å². The van der Waals surface area contributed by atoms with Gasteiger partial charge in [0, 0.05) is 12.4 Å². The van der Waals surface area contributed by atoms with Gasteiger partial charge in [-0.1, -0.05) is 32.9 Å². The number of aliphatic hydroxyl groups excluding tert-OH is 1.